The Balaban J connectivity index is 1.50. The zero-order valence-electron chi connectivity index (χ0n) is 13.9. The average Bonchev–Trinajstić information content (AvgIpc) is 2.65. The molecule has 1 amide bonds. The van der Waals surface area contributed by atoms with E-state index in [9.17, 15) is 9.59 Å². The Kier molecular flexibility index (Phi) is 5.71. The van der Waals surface area contributed by atoms with Gasteiger partial charge in [-0.25, -0.2) is 4.79 Å². The van der Waals surface area contributed by atoms with Crippen LogP contribution < -0.4 is 5.32 Å². The normalized spacial score (nSPS) is 13.0. The highest BCUT2D eigenvalue weighted by atomic mass is 35.5. The lowest BCUT2D eigenvalue weighted by Gasteiger charge is -2.16. The van der Waals surface area contributed by atoms with E-state index in [0.717, 1.165) is 24.8 Å². The van der Waals surface area contributed by atoms with E-state index in [1.807, 2.05) is 30.3 Å². The van der Waals surface area contributed by atoms with Crippen LogP contribution in [0.4, 0.5) is 0 Å². The van der Waals surface area contributed by atoms with E-state index in [-0.39, 0.29) is 12.5 Å². The van der Waals surface area contributed by atoms with Gasteiger partial charge in [0.2, 0.25) is 0 Å². The minimum Gasteiger partial charge on any atom is -0.452 e. The first-order valence-corrected chi connectivity index (χ1v) is 8.80. The van der Waals surface area contributed by atoms with Gasteiger partial charge in [-0.15, -0.1) is 0 Å². The van der Waals surface area contributed by atoms with Gasteiger partial charge in [-0.05, 0) is 60.6 Å². The van der Waals surface area contributed by atoms with Crippen LogP contribution in [0.3, 0.4) is 0 Å². The van der Waals surface area contributed by atoms with Crippen molar-refractivity contribution in [1.82, 2.24) is 5.32 Å². The summed E-state index contributed by atoms with van der Waals surface area (Å²) in [5.41, 5.74) is 3.84. The van der Waals surface area contributed by atoms with E-state index in [4.69, 9.17) is 16.3 Å². The maximum Gasteiger partial charge on any atom is 0.338 e. The number of benzene rings is 2. The fourth-order valence-electron chi connectivity index (χ4n) is 2.96. The van der Waals surface area contributed by atoms with Gasteiger partial charge in [0.15, 0.2) is 6.61 Å². The molecule has 0 saturated carbocycles. The third-order valence-electron chi connectivity index (χ3n) is 4.35. The molecule has 0 fully saturated rings. The summed E-state index contributed by atoms with van der Waals surface area (Å²) in [7, 11) is 0. The highest BCUT2D eigenvalue weighted by Gasteiger charge is 2.15. The Hall–Kier alpha value is -2.33. The van der Waals surface area contributed by atoms with Crippen molar-refractivity contribution in [3.05, 3.63) is 69.7 Å². The molecule has 3 rings (SSSR count). The minimum atomic E-state index is -0.471. The summed E-state index contributed by atoms with van der Waals surface area (Å²) in [5, 5.41) is 3.29. The molecular formula is C20H20ClNO3. The first-order valence-electron chi connectivity index (χ1n) is 8.42. The third kappa shape index (κ3) is 4.60. The van der Waals surface area contributed by atoms with Gasteiger partial charge in [0.05, 0.1) is 5.56 Å². The monoisotopic (exact) mass is 357 g/mol. The number of ether oxygens (including phenoxy) is 1. The molecule has 0 bridgehead atoms. The lowest BCUT2D eigenvalue weighted by atomic mass is 9.90. The van der Waals surface area contributed by atoms with E-state index < -0.39 is 5.97 Å². The topological polar surface area (TPSA) is 55.4 Å². The Morgan fingerprint density at radius 3 is 2.60 bits per heavy atom. The van der Waals surface area contributed by atoms with Crippen LogP contribution >= 0.6 is 11.6 Å². The van der Waals surface area contributed by atoms with Gasteiger partial charge in [0, 0.05) is 11.6 Å². The standard InChI is InChI=1S/C20H20ClNO3/c21-18-8-4-3-7-17(18)12-22-19(23)13-25-20(24)16-10-9-14-5-1-2-6-15(14)11-16/h3-4,7-11H,1-2,5-6,12-13H2,(H,22,23). The van der Waals surface area contributed by atoms with E-state index in [1.165, 1.54) is 17.5 Å². The first kappa shape index (κ1) is 17.5. The maximum atomic E-state index is 12.1. The molecule has 1 N–H and O–H groups in total. The summed E-state index contributed by atoms with van der Waals surface area (Å²) < 4.78 is 5.12. The molecule has 0 unspecified atom stereocenters. The Labute approximate surface area is 152 Å². The number of amides is 1. The molecule has 0 radical (unpaired) electrons. The van der Waals surface area contributed by atoms with Crippen LogP contribution in [0, 0.1) is 0 Å². The molecule has 0 saturated heterocycles. The largest absolute Gasteiger partial charge is 0.452 e. The number of hydrogen-bond donors (Lipinski definition) is 1. The second-order valence-electron chi connectivity index (χ2n) is 6.13. The molecule has 1 aliphatic carbocycles. The SMILES string of the molecule is O=C(COC(=O)c1ccc2c(c1)CCCC2)NCc1ccccc1Cl. The van der Waals surface area contributed by atoms with Crippen LogP contribution in [0.25, 0.3) is 0 Å². The Morgan fingerprint density at radius 2 is 1.80 bits per heavy atom. The Morgan fingerprint density at radius 1 is 1.04 bits per heavy atom. The smallest absolute Gasteiger partial charge is 0.338 e. The molecule has 0 aromatic heterocycles. The van der Waals surface area contributed by atoms with E-state index in [2.05, 4.69) is 5.32 Å². The predicted molar refractivity (Wildman–Crippen MR) is 96.7 cm³/mol. The fourth-order valence-corrected chi connectivity index (χ4v) is 3.16. The number of aryl methyl sites for hydroxylation is 2. The molecule has 1 aliphatic rings. The van der Waals surface area contributed by atoms with Gasteiger partial charge in [-0.3, -0.25) is 4.79 Å². The van der Waals surface area contributed by atoms with Crippen LogP contribution in [0.5, 0.6) is 0 Å². The van der Waals surface area contributed by atoms with Crippen LogP contribution in [-0.4, -0.2) is 18.5 Å². The second kappa shape index (κ2) is 8.17. The zero-order chi connectivity index (χ0) is 17.6. The van der Waals surface area contributed by atoms with Gasteiger partial charge in [-0.2, -0.15) is 0 Å². The number of carbonyl (C=O) groups excluding carboxylic acids is 2. The first-order chi connectivity index (χ1) is 12.1. The molecular weight excluding hydrogens is 338 g/mol. The molecule has 130 valence electrons. The summed E-state index contributed by atoms with van der Waals surface area (Å²) in [5.74, 6) is -0.826. The minimum absolute atomic E-state index is 0.300. The number of fused-ring (bicyclic) bond motifs is 1. The molecule has 0 heterocycles. The quantitative estimate of drug-likeness (QED) is 0.830. The molecule has 5 heteroatoms. The van der Waals surface area contributed by atoms with Crippen molar-refractivity contribution in [3.8, 4) is 0 Å². The number of rotatable bonds is 5. The number of hydrogen-bond acceptors (Lipinski definition) is 3. The van der Waals surface area contributed by atoms with Crippen molar-refractivity contribution < 1.29 is 14.3 Å². The van der Waals surface area contributed by atoms with Crippen LogP contribution in [0.15, 0.2) is 42.5 Å². The highest BCUT2D eigenvalue weighted by Crippen LogP contribution is 2.22. The van der Waals surface area contributed by atoms with Gasteiger partial charge in [0.1, 0.15) is 0 Å². The highest BCUT2D eigenvalue weighted by molar-refractivity contribution is 6.31. The van der Waals surface area contributed by atoms with Crippen LogP contribution in [0.2, 0.25) is 5.02 Å². The summed E-state index contributed by atoms with van der Waals surface area (Å²) in [6.07, 6.45) is 4.40. The Bertz CT molecular complexity index is 788. The third-order valence-corrected chi connectivity index (χ3v) is 4.72. The van der Waals surface area contributed by atoms with Crippen molar-refractivity contribution in [2.75, 3.05) is 6.61 Å². The molecule has 0 spiro atoms. The van der Waals surface area contributed by atoms with Crippen LogP contribution in [0.1, 0.15) is 39.9 Å². The summed E-state index contributed by atoms with van der Waals surface area (Å²) >= 11 is 6.04. The number of nitrogens with one attached hydrogen (secondary N) is 1. The van der Waals surface area contributed by atoms with E-state index in [0.29, 0.717) is 17.1 Å². The summed E-state index contributed by atoms with van der Waals surface area (Å²) in [4.78, 5) is 24.0. The molecule has 2 aromatic carbocycles. The average molecular weight is 358 g/mol. The van der Waals surface area contributed by atoms with E-state index in [1.54, 1.807) is 12.1 Å². The van der Waals surface area contributed by atoms with Gasteiger partial charge >= 0.3 is 5.97 Å². The van der Waals surface area contributed by atoms with Crippen molar-refractivity contribution >= 4 is 23.5 Å². The number of carbonyl (C=O) groups is 2. The van der Waals surface area contributed by atoms with E-state index >= 15 is 0 Å². The van der Waals surface area contributed by atoms with Gasteiger partial charge in [0.25, 0.3) is 5.91 Å². The van der Waals surface area contributed by atoms with Crippen molar-refractivity contribution in [2.45, 2.75) is 32.2 Å². The molecule has 2 aromatic rings. The van der Waals surface area contributed by atoms with Crippen molar-refractivity contribution in [1.29, 1.82) is 0 Å². The molecule has 0 aliphatic heterocycles. The summed E-state index contributed by atoms with van der Waals surface area (Å²) in [6.45, 7) is -0.00469. The zero-order valence-corrected chi connectivity index (χ0v) is 14.6. The lowest BCUT2D eigenvalue weighted by Crippen LogP contribution is -2.28. The molecule has 25 heavy (non-hydrogen) atoms. The second-order valence-corrected chi connectivity index (χ2v) is 6.54. The van der Waals surface area contributed by atoms with Gasteiger partial charge in [-0.1, -0.05) is 35.9 Å². The fraction of sp³-hybridized carbons (Fsp3) is 0.300. The maximum absolute atomic E-state index is 12.1. The van der Waals surface area contributed by atoms with Crippen molar-refractivity contribution in [2.24, 2.45) is 0 Å². The summed E-state index contributed by atoms with van der Waals surface area (Å²) in [6, 6.07) is 12.9. The van der Waals surface area contributed by atoms with Gasteiger partial charge < -0.3 is 10.1 Å². The van der Waals surface area contributed by atoms with Crippen LogP contribution in [-0.2, 0) is 28.9 Å². The lowest BCUT2D eigenvalue weighted by molar-refractivity contribution is -0.124. The number of esters is 1. The predicted octanol–water partition coefficient (Wildman–Crippen LogP) is 3.69. The van der Waals surface area contributed by atoms with Crippen molar-refractivity contribution in [3.63, 3.8) is 0 Å². The number of halogens is 1. The molecule has 4 nitrogen and oxygen atoms in total. The molecule has 0 atom stereocenters.